The van der Waals surface area contributed by atoms with Crippen molar-refractivity contribution >= 4 is 18.1 Å². The van der Waals surface area contributed by atoms with E-state index in [0.29, 0.717) is 0 Å². The Bertz CT molecular complexity index is 2020. The number of rotatable bonds is 24. The first kappa shape index (κ1) is 69.4. The number of nitrogens with one attached hydrogen (secondary N) is 2. The average molecular weight is 1220 g/mol. The lowest BCUT2D eigenvalue weighted by Gasteiger charge is -2.50. The van der Waals surface area contributed by atoms with Gasteiger partial charge < -0.3 is 165 Å². The van der Waals surface area contributed by atoms with Crippen LogP contribution >= 0.6 is 0 Å². The van der Waals surface area contributed by atoms with Crippen LogP contribution in [0.1, 0.15) is 27.2 Å². The van der Waals surface area contributed by atoms with E-state index in [4.69, 9.17) is 57.1 Å². The first-order chi connectivity index (χ1) is 39.2. The van der Waals surface area contributed by atoms with Crippen LogP contribution in [0.3, 0.4) is 0 Å². The molecule has 37 nitrogen and oxygen atoms in total. The SMILES string of the molecule is CC(=O)N[C@@H]1[C@@H](O[C@@H]2O[C@@H](C)[C@@H](O)[C@@H](O)[C@@H]2O)[C@H](O[C@@H]2O[C@H](CO)[C@H](O)[C@H](O)[C@H]2O)[C@@H](CO)C[C@H]1OO[C@H]1O[C@@H](O[C@@H]([C@H](O)[C@@H](O)C=O)[C@H](O)CO)[C@H](O)[C@@H](O[C@@H]2O[C@H](CO)[C@@H](O)C(O[C@@H]3O[C@H](CO)[C@H](O)[C@H](O)[C@H]3O)[C@H]2NC(C)=O)[C@H]1O. The molecule has 37 heteroatoms. The Balaban J connectivity index is 1.38. The molecule has 0 bridgehead atoms. The van der Waals surface area contributed by atoms with Crippen LogP contribution in [-0.4, -0.2) is 356 Å². The maximum Gasteiger partial charge on any atom is 0.222 e. The summed E-state index contributed by atoms with van der Waals surface area (Å²) in [7, 11) is 0. The summed E-state index contributed by atoms with van der Waals surface area (Å²) in [5, 5.41) is 219. The molecule has 83 heavy (non-hydrogen) atoms. The lowest BCUT2D eigenvalue weighted by atomic mass is 9.79. The van der Waals surface area contributed by atoms with Crippen LogP contribution in [0.2, 0.25) is 0 Å². The molecule has 0 radical (unpaired) electrons. The van der Waals surface area contributed by atoms with Crippen molar-refractivity contribution < 1.29 is 174 Å². The highest BCUT2D eigenvalue weighted by Crippen LogP contribution is 2.39. The third-order valence-corrected chi connectivity index (χ3v) is 15.0. The fourth-order valence-corrected chi connectivity index (χ4v) is 10.4. The Labute approximate surface area is 470 Å². The van der Waals surface area contributed by atoms with E-state index in [2.05, 4.69) is 10.6 Å². The molecule has 6 aliphatic rings. The summed E-state index contributed by atoms with van der Waals surface area (Å²) in [5.74, 6) is -3.19. The van der Waals surface area contributed by atoms with Crippen molar-refractivity contribution in [1.29, 1.82) is 0 Å². The van der Waals surface area contributed by atoms with E-state index in [9.17, 15) is 117 Å². The molecule has 482 valence electrons. The van der Waals surface area contributed by atoms with Gasteiger partial charge in [-0.1, -0.05) is 0 Å². The van der Waals surface area contributed by atoms with Gasteiger partial charge in [0.15, 0.2) is 37.7 Å². The summed E-state index contributed by atoms with van der Waals surface area (Å²) in [6, 6.07) is -3.63. The van der Waals surface area contributed by atoms with Crippen LogP contribution < -0.4 is 10.6 Å². The standard InChI is InChI=1S/C46H78N2O35/c1-11-23(59)28(64)31(67)42(72-11)79-39-21(47-12(2)55)17(4-14(5-49)36(39)76-43-32(68)29(65)25(61)18(8-52)74-43)82-83-46-35(71)40(34(70)45(81-46)77-37(16(58)7-51)24(60)15(57)6-50)80-41-22(48-13(3)56)38(27(63)20(10-54)73-41)78-44-33(69)30(66)26(62)19(9-53)75-44/h6,11,14-46,49,51-54,57-71H,4-5,7-10H2,1-3H3,(H,47,55)(H,48,56)/t11-,14+,15-,16+,17+,18+,19+,20+,21-,22+,23+,24+,25-,26-,27+,28+,29-,30-,31-,32+,33+,34+,35+,36+,37+,38?,39+,40+,41-,42-,43-,44-,45+,46+/m0/s1. The normalized spacial score (nSPS) is 46.7. The zero-order chi connectivity index (χ0) is 61.6. The summed E-state index contributed by atoms with van der Waals surface area (Å²) >= 11 is 0. The van der Waals surface area contributed by atoms with Crippen LogP contribution in [0.15, 0.2) is 0 Å². The molecular weight excluding hydrogens is 1140 g/mol. The zero-order valence-electron chi connectivity index (χ0n) is 44.5. The number of aliphatic hydroxyl groups is 20. The first-order valence-corrected chi connectivity index (χ1v) is 26.3. The minimum Gasteiger partial charge on any atom is -0.396 e. The van der Waals surface area contributed by atoms with E-state index >= 15 is 0 Å². The number of aliphatic hydroxyl groups excluding tert-OH is 20. The second kappa shape index (κ2) is 30.5. The van der Waals surface area contributed by atoms with E-state index in [1.54, 1.807) is 0 Å². The summed E-state index contributed by atoms with van der Waals surface area (Å²) in [6.45, 7) is -1.95. The average Bonchev–Trinajstić information content (AvgIpc) is 3.42. The van der Waals surface area contributed by atoms with Crippen LogP contribution in [0, 0.1) is 5.92 Å². The number of hydrogen-bond acceptors (Lipinski definition) is 35. The van der Waals surface area contributed by atoms with Gasteiger partial charge in [-0.15, -0.1) is 0 Å². The van der Waals surface area contributed by atoms with Crippen molar-refractivity contribution in [3.8, 4) is 0 Å². The van der Waals surface area contributed by atoms with Crippen LogP contribution in [-0.2, 0) is 71.5 Å². The molecule has 22 N–H and O–H groups in total. The predicted molar refractivity (Wildman–Crippen MR) is 254 cm³/mol. The third-order valence-electron chi connectivity index (χ3n) is 15.0. The monoisotopic (exact) mass is 1220 g/mol. The zero-order valence-corrected chi connectivity index (χ0v) is 44.5. The van der Waals surface area contributed by atoms with E-state index in [1.807, 2.05) is 0 Å². The van der Waals surface area contributed by atoms with Crippen molar-refractivity contribution in [2.24, 2.45) is 5.92 Å². The quantitative estimate of drug-likeness (QED) is 0.0242. The largest absolute Gasteiger partial charge is 0.396 e. The Hall–Kier alpha value is -2.67. The van der Waals surface area contributed by atoms with E-state index < -0.39 is 260 Å². The van der Waals surface area contributed by atoms with Crippen molar-refractivity contribution in [3.05, 3.63) is 0 Å². The highest BCUT2D eigenvalue weighted by Gasteiger charge is 2.58. The maximum atomic E-state index is 13.1. The highest BCUT2D eigenvalue weighted by molar-refractivity contribution is 5.73. The minimum atomic E-state index is -2.48. The van der Waals surface area contributed by atoms with Gasteiger partial charge in [-0.25, -0.2) is 9.78 Å². The second-order valence-electron chi connectivity index (χ2n) is 20.9. The Morgan fingerprint density at radius 2 is 0.952 bits per heavy atom. The third kappa shape index (κ3) is 15.6. The topological polar surface area (TPSA) is 591 Å². The molecule has 34 atom stereocenters. The van der Waals surface area contributed by atoms with Crippen molar-refractivity contribution in [3.63, 3.8) is 0 Å². The molecule has 0 aromatic rings. The molecule has 0 spiro atoms. The van der Waals surface area contributed by atoms with Crippen molar-refractivity contribution in [2.45, 2.75) is 230 Å². The van der Waals surface area contributed by atoms with Gasteiger partial charge in [-0.2, -0.15) is 0 Å². The minimum absolute atomic E-state index is 0.200. The number of carbonyl (C=O) groups excluding carboxylic acids is 3. The summed E-state index contributed by atoms with van der Waals surface area (Å²) in [6.07, 6.45) is -63.7. The number of carbonyl (C=O) groups is 3. The number of amides is 2. The van der Waals surface area contributed by atoms with Gasteiger partial charge in [0, 0.05) is 26.4 Å². The van der Waals surface area contributed by atoms with Gasteiger partial charge in [0.2, 0.25) is 18.1 Å². The van der Waals surface area contributed by atoms with Crippen molar-refractivity contribution in [2.75, 3.05) is 33.0 Å². The smallest absolute Gasteiger partial charge is 0.222 e. The molecule has 5 saturated heterocycles. The molecule has 5 heterocycles. The Morgan fingerprint density at radius 3 is 1.46 bits per heavy atom. The van der Waals surface area contributed by atoms with Crippen LogP contribution in [0.5, 0.6) is 0 Å². The Morgan fingerprint density at radius 1 is 0.494 bits per heavy atom. The van der Waals surface area contributed by atoms with Gasteiger partial charge >= 0.3 is 0 Å². The Kier molecular flexibility index (Phi) is 25.5. The molecule has 6 fully saturated rings. The molecular formula is C46H78N2O35. The highest BCUT2D eigenvalue weighted by atomic mass is 17.2. The molecule has 0 aromatic heterocycles. The van der Waals surface area contributed by atoms with Gasteiger partial charge in [0.05, 0.1) is 44.7 Å². The summed E-state index contributed by atoms with van der Waals surface area (Å²) < 4.78 is 58.0. The molecule has 0 aromatic carbocycles. The summed E-state index contributed by atoms with van der Waals surface area (Å²) in [4.78, 5) is 49.0. The second-order valence-corrected chi connectivity index (χ2v) is 20.9. The van der Waals surface area contributed by atoms with Crippen LogP contribution in [0.4, 0.5) is 0 Å². The molecule has 6 rings (SSSR count). The first-order valence-electron chi connectivity index (χ1n) is 26.3. The van der Waals surface area contributed by atoms with Crippen molar-refractivity contribution in [1.82, 2.24) is 10.6 Å². The maximum absolute atomic E-state index is 13.1. The fraction of sp³-hybridized carbons (Fsp3) is 0.935. The van der Waals surface area contributed by atoms with Gasteiger partial charge in [-0.05, 0) is 13.3 Å². The predicted octanol–water partition coefficient (Wildman–Crippen LogP) is -14.6. The van der Waals surface area contributed by atoms with E-state index in [-0.39, 0.29) is 6.29 Å². The van der Waals surface area contributed by atoms with E-state index in [0.717, 1.165) is 13.8 Å². The fourth-order valence-electron chi connectivity index (χ4n) is 10.4. The number of aldehydes is 1. The molecule has 1 aliphatic carbocycles. The van der Waals surface area contributed by atoms with Gasteiger partial charge in [-0.3, -0.25) is 9.59 Å². The van der Waals surface area contributed by atoms with Crippen LogP contribution in [0.25, 0.3) is 0 Å². The molecule has 1 saturated carbocycles. The molecule has 2 amide bonds. The molecule has 1 unspecified atom stereocenters. The lowest BCUT2D eigenvalue weighted by molar-refractivity contribution is -0.472. The number of hydrogen-bond donors (Lipinski definition) is 22. The van der Waals surface area contributed by atoms with E-state index in [1.165, 1.54) is 6.92 Å². The van der Waals surface area contributed by atoms with Gasteiger partial charge in [0.1, 0.15) is 146 Å². The number of ether oxygens (including phenoxy) is 10. The summed E-state index contributed by atoms with van der Waals surface area (Å²) in [5.41, 5.74) is 0. The lowest BCUT2D eigenvalue weighted by Crippen LogP contribution is -2.70. The van der Waals surface area contributed by atoms with Gasteiger partial charge in [0.25, 0.3) is 0 Å². The molecule has 5 aliphatic heterocycles.